The van der Waals surface area contributed by atoms with Crippen LogP contribution in [0.4, 0.5) is 18.9 Å². The minimum atomic E-state index is -4.60. The highest BCUT2D eigenvalue weighted by Gasteiger charge is 2.44. The topological polar surface area (TPSA) is 83.8 Å². The lowest BCUT2D eigenvalue weighted by Gasteiger charge is -2.42. The number of benzene rings is 2. The van der Waals surface area contributed by atoms with E-state index in [1.165, 1.54) is 11.0 Å². The Hall–Kier alpha value is -3.77. The van der Waals surface area contributed by atoms with E-state index in [0.717, 1.165) is 17.8 Å². The molecule has 3 aromatic rings. The van der Waals surface area contributed by atoms with Gasteiger partial charge >= 0.3 is 6.18 Å². The monoisotopic (exact) mass is 580 g/mol. The van der Waals surface area contributed by atoms with Crippen LogP contribution in [0.15, 0.2) is 42.7 Å². The highest BCUT2D eigenvalue weighted by Crippen LogP contribution is 2.42. The predicted molar refractivity (Wildman–Crippen MR) is 146 cm³/mol. The van der Waals surface area contributed by atoms with Gasteiger partial charge in [-0.25, -0.2) is 0 Å². The van der Waals surface area contributed by atoms with Crippen molar-refractivity contribution in [2.24, 2.45) is 7.05 Å². The maximum absolute atomic E-state index is 14.3. The zero-order valence-electron chi connectivity index (χ0n) is 23.2. The summed E-state index contributed by atoms with van der Waals surface area (Å²) in [7, 11) is 1.88. The smallest absolute Gasteiger partial charge is 0.379 e. The van der Waals surface area contributed by atoms with E-state index in [2.05, 4.69) is 15.1 Å². The van der Waals surface area contributed by atoms with E-state index in [1.54, 1.807) is 18.5 Å². The number of aryl methyl sites for hydroxylation is 1. The number of aromatic nitrogens is 3. The van der Waals surface area contributed by atoms with Crippen LogP contribution >= 0.6 is 0 Å². The first-order chi connectivity index (χ1) is 20.1. The van der Waals surface area contributed by atoms with Crippen LogP contribution in [0.2, 0.25) is 0 Å². The average Bonchev–Trinajstić information content (AvgIpc) is 3.62. The second-order valence-electron chi connectivity index (χ2n) is 11.9. The van der Waals surface area contributed by atoms with Crippen LogP contribution in [0.3, 0.4) is 0 Å². The summed E-state index contributed by atoms with van der Waals surface area (Å²) >= 11 is 0. The van der Waals surface area contributed by atoms with Crippen LogP contribution in [-0.2, 0) is 47.7 Å². The van der Waals surface area contributed by atoms with Crippen LogP contribution in [-0.4, -0.2) is 75.3 Å². The fraction of sp³-hybridized carbons (Fsp3) is 0.467. The highest BCUT2D eigenvalue weighted by atomic mass is 19.4. The number of alkyl halides is 3. The van der Waals surface area contributed by atoms with E-state index in [1.807, 2.05) is 34.7 Å². The Balaban J connectivity index is 1.16. The maximum atomic E-state index is 14.3. The largest absolute Gasteiger partial charge is 0.416 e. The van der Waals surface area contributed by atoms with Crippen molar-refractivity contribution in [3.05, 3.63) is 76.4 Å². The number of piperazine rings is 1. The summed E-state index contributed by atoms with van der Waals surface area (Å²) in [6.45, 7) is 2.88. The van der Waals surface area contributed by atoms with Crippen molar-refractivity contribution < 1.29 is 27.5 Å². The maximum Gasteiger partial charge on any atom is 0.416 e. The molecule has 2 amide bonds. The molecule has 7 rings (SSSR count). The summed E-state index contributed by atoms with van der Waals surface area (Å²) in [6, 6.07) is 10.4. The molecule has 3 saturated heterocycles. The molecule has 2 aromatic carbocycles. The van der Waals surface area contributed by atoms with Crippen LogP contribution in [0.5, 0.6) is 0 Å². The van der Waals surface area contributed by atoms with Gasteiger partial charge in [0.2, 0.25) is 5.91 Å². The van der Waals surface area contributed by atoms with Crippen LogP contribution in [0, 0.1) is 0 Å². The molecule has 12 heteroatoms. The predicted octanol–water partition coefficient (Wildman–Crippen LogP) is 3.31. The van der Waals surface area contributed by atoms with Gasteiger partial charge in [0.25, 0.3) is 5.91 Å². The van der Waals surface area contributed by atoms with Crippen LogP contribution in [0.25, 0.3) is 0 Å². The lowest BCUT2D eigenvalue weighted by atomic mass is 9.75. The SMILES string of the molecule is Cn1cnnc1CC1(c2cccc(N3Cc4c(cc(CN5CCN6C(=O)CCC6C5)cc4C(F)(F)F)C3=O)c2)COC1. The fourth-order valence-corrected chi connectivity index (χ4v) is 6.84. The number of rotatable bonds is 6. The standard InChI is InChI=1S/C30H31F3N6O3/c1-36-18-34-35-26(36)12-29(16-42-17-29)20-3-2-4-21(11-20)39-15-24-23(28(39)41)9-19(10-25(24)30(31,32)33)13-37-7-8-38-22(14-37)5-6-27(38)40/h2-4,9-11,18,22H,5-8,12-17H2,1H3. The molecule has 220 valence electrons. The minimum Gasteiger partial charge on any atom is -0.379 e. The van der Waals surface area contributed by atoms with Crippen molar-refractivity contribution in [2.45, 2.75) is 50.0 Å². The third-order valence-electron chi connectivity index (χ3n) is 9.22. The van der Waals surface area contributed by atoms with E-state index in [0.29, 0.717) is 63.5 Å². The molecule has 1 atom stereocenters. The van der Waals surface area contributed by atoms with E-state index in [-0.39, 0.29) is 35.0 Å². The zero-order chi connectivity index (χ0) is 29.2. The molecule has 0 aliphatic carbocycles. The molecule has 4 aliphatic rings. The number of amides is 2. The number of ether oxygens (including phenoxy) is 1. The van der Waals surface area contributed by atoms with E-state index in [9.17, 15) is 22.8 Å². The van der Waals surface area contributed by atoms with Gasteiger partial charge < -0.3 is 19.1 Å². The molecule has 1 unspecified atom stereocenters. The number of fused-ring (bicyclic) bond motifs is 2. The molecule has 3 fully saturated rings. The Morgan fingerprint density at radius 1 is 1.12 bits per heavy atom. The first-order valence-corrected chi connectivity index (χ1v) is 14.2. The average molecular weight is 581 g/mol. The van der Waals surface area contributed by atoms with Gasteiger partial charge in [-0.1, -0.05) is 12.1 Å². The molecule has 4 aliphatic heterocycles. The summed E-state index contributed by atoms with van der Waals surface area (Å²) < 4.78 is 50.5. The molecule has 5 heterocycles. The van der Waals surface area contributed by atoms with Gasteiger partial charge in [-0.2, -0.15) is 13.2 Å². The molecular weight excluding hydrogens is 549 g/mol. The first kappa shape index (κ1) is 27.1. The second-order valence-corrected chi connectivity index (χ2v) is 11.9. The van der Waals surface area contributed by atoms with Gasteiger partial charge in [-0.3, -0.25) is 14.5 Å². The Morgan fingerprint density at radius 2 is 1.95 bits per heavy atom. The summed E-state index contributed by atoms with van der Waals surface area (Å²) in [6.07, 6.45) is -1.08. The normalized spacial score (nSPS) is 22.0. The van der Waals surface area contributed by atoms with Gasteiger partial charge in [-0.05, 0) is 47.4 Å². The van der Waals surface area contributed by atoms with Gasteiger partial charge in [0.15, 0.2) is 0 Å². The van der Waals surface area contributed by atoms with Crippen LogP contribution < -0.4 is 4.90 Å². The van der Waals surface area contributed by atoms with E-state index < -0.39 is 17.6 Å². The van der Waals surface area contributed by atoms with Gasteiger partial charge in [0, 0.05) is 68.8 Å². The third kappa shape index (κ3) is 4.57. The molecule has 0 radical (unpaired) electrons. The number of hydrogen-bond donors (Lipinski definition) is 0. The summed E-state index contributed by atoms with van der Waals surface area (Å²) in [4.78, 5) is 31.2. The number of halogens is 3. The molecular formula is C30H31F3N6O3. The summed E-state index contributed by atoms with van der Waals surface area (Å²) in [5, 5.41) is 8.18. The minimum absolute atomic E-state index is 0.00800. The number of hydrogen-bond acceptors (Lipinski definition) is 6. The second kappa shape index (κ2) is 9.91. The van der Waals surface area contributed by atoms with Crippen LogP contribution in [0.1, 0.15) is 51.3 Å². The Labute approximate surface area is 240 Å². The number of anilines is 1. The first-order valence-electron chi connectivity index (χ1n) is 14.2. The number of carbonyl (C=O) groups is 2. The summed E-state index contributed by atoms with van der Waals surface area (Å²) in [5.41, 5.74) is 0.938. The van der Waals surface area contributed by atoms with Gasteiger partial charge in [-0.15, -0.1) is 10.2 Å². The fourth-order valence-electron chi connectivity index (χ4n) is 6.84. The Bertz CT molecular complexity index is 1570. The number of carbonyl (C=O) groups excluding carboxylic acids is 2. The highest BCUT2D eigenvalue weighted by molar-refractivity contribution is 6.10. The van der Waals surface area contributed by atoms with E-state index >= 15 is 0 Å². The van der Waals surface area contributed by atoms with Crippen molar-refractivity contribution in [3.8, 4) is 0 Å². The molecule has 0 saturated carbocycles. The van der Waals surface area contributed by atoms with Crippen molar-refractivity contribution >= 4 is 17.5 Å². The molecule has 0 N–H and O–H groups in total. The Morgan fingerprint density at radius 3 is 2.67 bits per heavy atom. The van der Waals surface area contributed by atoms with Crippen molar-refractivity contribution in [2.75, 3.05) is 37.7 Å². The number of nitrogens with zero attached hydrogens (tertiary/aromatic N) is 6. The molecule has 0 bridgehead atoms. The Kier molecular flexibility index (Phi) is 6.39. The van der Waals surface area contributed by atoms with Crippen molar-refractivity contribution in [1.29, 1.82) is 0 Å². The molecule has 42 heavy (non-hydrogen) atoms. The molecule has 9 nitrogen and oxygen atoms in total. The van der Waals surface area contributed by atoms with Crippen molar-refractivity contribution in [3.63, 3.8) is 0 Å². The van der Waals surface area contributed by atoms with E-state index in [4.69, 9.17) is 4.74 Å². The van der Waals surface area contributed by atoms with Crippen molar-refractivity contribution in [1.82, 2.24) is 24.6 Å². The third-order valence-corrected chi connectivity index (χ3v) is 9.22. The molecule has 0 spiro atoms. The molecule has 1 aromatic heterocycles. The lowest BCUT2D eigenvalue weighted by Crippen LogP contribution is -2.50. The zero-order valence-corrected chi connectivity index (χ0v) is 23.2. The van der Waals surface area contributed by atoms with Gasteiger partial charge in [0.05, 0.1) is 25.3 Å². The van der Waals surface area contributed by atoms with Gasteiger partial charge in [0.1, 0.15) is 12.2 Å². The lowest BCUT2D eigenvalue weighted by molar-refractivity contribution is -0.138. The summed E-state index contributed by atoms with van der Waals surface area (Å²) in [5.74, 6) is 0.514. The quantitative estimate of drug-likeness (QED) is 0.445.